The lowest BCUT2D eigenvalue weighted by molar-refractivity contribution is -0.0440. The smallest absolute Gasteiger partial charge is 0.243 e. The molecule has 0 aliphatic carbocycles. The van der Waals surface area contributed by atoms with Gasteiger partial charge >= 0.3 is 0 Å². The van der Waals surface area contributed by atoms with Crippen LogP contribution in [0.2, 0.25) is 10.0 Å². The number of hydrazone groups is 1. The maximum Gasteiger partial charge on any atom is 0.243 e. The highest BCUT2D eigenvalue weighted by Gasteiger charge is 2.32. The van der Waals surface area contributed by atoms with Crippen molar-refractivity contribution in [1.82, 2.24) is 9.29 Å². The van der Waals surface area contributed by atoms with Gasteiger partial charge in [0.2, 0.25) is 15.2 Å². The summed E-state index contributed by atoms with van der Waals surface area (Å²) in [7, 11) is -3.64. The van der Waals surface area contributed by atoms with Crippen molar-refractivity contribution in [2.24, 2.45) is 5.10 Å². The molecule has 11 heteroatoms. The molecule has 0 radical (unpaired) electrons. The Morgan fingerprint density at radius 1 is 1.18 bits per heavy atom. The summed E-state index contributed by atoms with van der Waals surface area (Å²) in [5, 5.41) is 7.63. The summed E-state index contributed by atoms with van der Waals surface area (Å²) >= 11 is 13.4. The summed E-state index contributed by atoms with van der Waals surface area (Å²) in [6.45, 7) is 4.41. The number of nitrogens with zero attached hydrogens (tertiary/aromatic N) is 3. The van der Waals surface area contributed by atoms with E-state index in [1.165, 1.54) is 15.6 Å². The quantitative estimate of drug-likeness (QED) is 0.346. The molecule has 0 unspecified atom stereocenters. The minimum atomic E-state index is -3.64. The second-order valence-corrected chi connectivity index (χ2v) is 11.3. The largest absolute Gasteiger partial charge is 0.373 e. The molecule has 174 valence electrons. The summed E-state index contributed by atoms with van der Waals surface area (Å²) in [6, 6.07) is 12.0. The van der Waals surface area contributed by atoms with Gasteiger partial charge in [-0.3, -0.25) is 5.43 Å². The lowest BCUT2D eigenvalue weighted by Crippen LogP contribution is -2.48. The number of morpholine rings is 1. The monoisotopic (exact) mass is 524 g/mol. The van der Waals surface area contributed by atoms with E-state index in [-0.39, 0.29) is 17.1 Å². The van der Waals surface area contributed by atoms with Gasteiger partial charge in [0.05, 0.1) is 34.0 Å². The third kappa shape index (κ3) is 5.74. The van der Waals surface area contributed by atoms with E-state index in [0.717, 1.165) is 5.56 Å². The Labute approximate surface area is 207 Å². The number of hydrogen-bond donors (Lipinski definition) is 1. The first kappa shape index (κ1) is 24.1. The Balaban J connectivity index is 1.49. The number of anilines is 1. The number of thiazole rings is 1. The first-order valence-electron chi connectivity index (χ1n) is 10.2. The molecular weight excluding hydrogens is 503 g/mol. The highest BCUT2D eigenvalue weighted by atomic mass is 35.5. The summed E-state index contributed by atoms with van der Waals surface area (Å²) in [5.41, 5.74) is 4.96. The third-order valence-electron chi connectivity index (χ3n) is 4.98. The second kappa shape index (κ2) is 10.1. The number of benzene rings is 2. The third-order valence-corrected chi connectivity index (χ3v) is 8.12. The Bertz CT molecular complexity index is 1270. The van der Waals surface area contributed by atoms with E-state index in [1.54, 1.807) is 42.6 Å². The van der Waals surface area contributed by atoms with Gasteiger partial charge in [0.1, 0.15) is 0 Å². The SMILES string of the molecule is C[C@H]1CN(S(=O)(=O)c2cccc(-c3csc(N/N=C\c4ccc(Cl)cc4Cl)n3)c2)C[C@H](C)O1. The molecule has 1 aliphatic heterocycles. The van der Waals surface area contributed by atoms with Gasteiger partial charge in [-0.15, -0.1) is 11.3 Å². The van der Waals surface area contributed by atoms with Gasteiger partial charge in [0.15, 0.2) is 0 Å². The van der Waals surface area contributed by atoms with Crippen molar-refractivity contribution in [3.63, 3.8) is 0 Å². The molecule has 4 rings (SSSR count). The number of aromatic nitrogens is 1. The van der Waals surface area contributed by atoms with Crippen molar-refractivity contribution in [2.45, 2.75) is 31.0 Å². The van der Waals surface area contributed by atoms with Gasteiger partial charge in [-0.2, -0.15) is 9.41 Å². The van der Waals surface area contributed by atoms with Gasteiger partial charge in [0, 0.05) is 34.6 Å². The lowest BCUT2D eigenvalue weighted by atomic mass is 10.2. The van der Waals surface area contributed by atoms with Crippen LogP contribution in [0.1, 0.15) is 19.4 Å². The zero-order valence-corrected chi connectivity index (χ0v) is 21.0. The van der Waals surface area contributed by atoms with E-state index in [9.17, 15) is 8.42 Å². The van der Waals surface area contributed by atoms with Gasteiger partial charge in [0.25, 0.3) is 0 Å². The van der Waals surface area contributed by atoms with Crippen molar-refractivity contribution in [3.8, 4) is 11.3 Å². The van der Waals surface area contributed by atoms with Gasteiger partial charge in [-0.1, -0.05) is 41.4 Å². The molecule has 1 aromatic heterocycles. The number of ether oxygens (including phenoxy) is 1. The highest BCUT2D eigenvalue weighted by molar-refractivity contribution is 7.89. The molecule has 1 aliphatic rings. The van der Waals surface area contributed by atoms with Crippen molar-refractivity contribution in [2.75, 3.05) is 18.5 Å². The van der Waals surface area contributed by atoms with Crippen LogP contribution < -0.4 is 5.43 Å². The van der Waals surface area contributed by atoms with E-state index in [0.29, 0.717) is 39.5 Å². The molecule has 0 amide bonds. The molecule has 0 bridgehead atoms. The van der Waals surface area contributed by atoms with Gasteiger partial charge < -0.3 is 4.74 Å². The topological polar surface area (TPSA) is 83.9 Å². The minimum Gasteiger partial charge on any atom is -0.373 e. The van der Waals surface area contributed by atoms with E-state index in [4.69, 9.17) is 27.9 Å². The molecule has 2 aromatic carbocycles. The first-order chi connectivity index (χ1) is 15.7. The predicted octanol–water partition coefficient (Wildman–Crippen LogP) is 5.36. The fourth-order valence-corrected chi connectivity index (χ4v) is 6.28. The van der Waals surface area contributed by atoms with Crippen LogP contribution in [0.4, 0.5) is 5.13 Å². The molecule has 2 atom stereocenters. The second-order valence-electron chi connectivity index (χ2n) is 7.68. The van der Waals surface area contributed by atoms with Crippen LogP contribution in [0.3, 0.4) is 0 Å². The van der Waals surface area contributed by atoms with Gasteiger partial charge in [-0.25, -0.2) is 13.4 Å². The predicted molar refractivity (Wildman–Crippen MR) is 134 cm³/mol. The lowest BCUT2D eigenvalue weighted by Gasteiger charge is -2.34. The first-order valence-corrected chi connectivity index (χ1v) is 13.3. The van der Waals surface area contributed by atoms with Crippen molar-refractivity contribution in [1.29, 1.82) is 0 Å². The number of sulfonamides is 1. The zero-order chi connectivity index (χ0) is 23.6. The molecule has 0 spiro atoms. The average Bonchev–Trinajstić information content (AvgIpc) is 3.24. The summed E-state index contributed by atoms with van der Waals surface area (Å²) in [4.78, 5) is 4.75. The molecule has 1 fully saturated rings. The van der Waals surface area contributed by atoms with E-state index in [1.807, 2.05) is 25.3 Å². The van der Waals surface area contributed by atoms with Crippen LogP contribution in [-0.4, -0.2) is 49.2 Å². The fourth-order valence-electron chi connectivity index (χ4n) is 3.51. The zero-order valence-electron chi connectivity index (χ0n) is 17.9. The molecule has 3 aromatic rings. The van der Waals surface area contributed by atoms with Crippen LogP contribution in [0.5, 0.6) is 0 Å². The van der Waals surface area contributed by atoms with Crippen LogP contribution in [0.15, 0.2) is 57.8 Å². The molecule has 2 heterocycles. The van der Waals surface area contributed by atoms with E-state index >= 15 is 0 Å². The Hall–Kier alpha value is -2.01. The van der Waals surface area contributed by atoms with Gasteiger partial charge in [-0.05, 0) is 38.1 Å². The Morgan fingerprint density at radius 3 is 2.67 bits per heavy atom. The number of nitrogens with one attached hydrogen (secondary N) is 1. The summed E-state index contributed by atoms with van der Waals surface area (Å²) < 4.78 is 33.5. The molecule has 7 nitrogen and oxygen atoms in total. The average molecular weight is 525 g/mol. The molecule has 1 saturated heterocycles. The molecular formula is C22H22Cl2N4O3S2. The van der Waals surface area contributed by atoms with Crippen LogP contribution >= 0.6 is 34.5 Å². The maximum atomic E-state index is 13.2. The summed E-state index contributed by atoms with van der Waals surface area (Å²) in [5.74, 6) is 0. The van der Waals surface area contributed by atoms with E-state index < -0.39 is 10.0 Å². The summed E-state index contributed by atoms with van der Waals surface area (Å²) in [6.07, 6.45) is 1.28. The molecule has 1 N–H and O–H groups in total. The standard InChI is InChI=1S/C22H22Cl2N4O3S2/c1-14-11-28(12-15(2)31-14)33(29,30)19-5-3-4-16(8-19)21-13-32-22(26-21)27-25-10-17-6-7-18(23)9-20(17)24/h3-10,13-15H,11-12H2,1-2H3,(H,26,27)/b25-10-/t14-,15-/m0/s1. The number of halogens is 2. The molecule has 33 heavy (non-hydrogen) atoms. The maximum absolute atomic E-state index is 13.2. The van der Waals surface area contributed by atoms with E-state index in [2.05, 4.69) is 15.5 Å². The van der Waals surface area contributed by atoms with Crippen molar-refractivity contribution >= 4 is 55.9 Å². The number of rotatable bonds is 6. The van der Waals surface area contributed by atoms with Crippen LogP contribution in [0.25, 0.3) is 11.3 Å². The minimum absolute atomic E-state index is 0.151. The van der Waals surface area contributed by atoms with Crippen molar-refractivity contribution in [3.05, 3.63) is 63.5 Å². The highest BCUT2D eigenvalue weighted by Crippen LogP contribution is 2.29. The van der Waals surface area contributed by atoms with Crippen LogP contribution in [0, 0.1) is 0 Å². The number of hydrogen-bond acceptors (Lipinski definition) is 7. The fraction of sp³-hybridized carbons (Fsp3) is 0.273. The van der Waals surface area contributed by atoms with Crippen LogP contribution in [-0.2, 0) is 14.8 Å². The molecule has 0 saturated carbocycles. The Kier molecular flexibility index (Phi) is 7.37. The Morgan fingerprint density at radius 2 is 1.94 bits per heavy atom. The van der Waals surface area contributed by atoms with Crippen molar-refractivity contribution < 1.29 is 13.2 Å². The normalized spacial score (nSPS) is 19.8.